The highest BCUT2D eigenvalue weighted by atomic mass is 35.5. The van der Waals surface area contributed by atoms with Gasteiger partial charge in [0, 0.05) is 33.6 Å². The van der Waals surface area contributed by atoms with Gasteiger partial charge < -0.3 is 10.3 Å². The fourth-order valence-electron chi connectivity index (χ4n) is 3.32. The van der Waals surface area contributed by atoms with Crippen molar-refractivity contribution in [2.75, 3.05) is 5.32 Å². The molecule has 0 saturated carbocycles. The Labute approximate surface area is 194 Å². The largest absolute Gasteiger partial charge is 0.324 e. The van der Waals surface area contributed by atoms with Gasteiger partial charge in [-0.15, -0.1) is 10.2 Å². The molecule has 2 heterocycles. The molecule has 2 aromatic carbocycles. The predicted octanol–water partition coefficient (Wildman–Crippen LogP) is 3.90. The maximum Gasteiger partial charge on any atom is 0.251 e. The first-order valence-electron chi connectivity index (χ1n) is 10.5. The molecule has 0 radical (unpaired) electrons. The molecule has 0 spiro atoms. The number of aryl methyl sites for hydroxylation is 1. The van der Waals surface area contributed by atoms with Crippen molar-refractivity contribution >= 4 is 23.2 Å². The lowest BCUT2D eigenvalue weighted by Gasteiger charge is -2.14. The summed E-state index contributed by atoms with van der Waals surface area (Å²) in [5.41, 5.74) is 2.49. The molecule has 1 unspecified atom stereocenters. The molecule has 0 fully saturated rings. The van der Waals surface area contributed by atoms with E-state index in [1.54, 1.807) is 42.5 Å². The lowest BCUT2D eigenvalue weighted by atomic mass is 10.1. The number of aromatic nitrogens is 6. The maximum atomic E-state index is 13.0. The number of benzene rings is 2. The molecule has 10 heteroatoms. The number of rotatable bonds is 7. The van der Waals surface area contributed by atoms with Crippen molar-refractivity contribution in [1.29, 1.82) is 0 Å². The molecule has 33 heavy (non-hydrogen) atoms. The minimum Gasteiger partial charge on any atom is -0.324 e. The van der Waals surface area contributed by atoms with Gasteiger partial charge in [0.2, 0.25) is 5.82 Å². The number of hydrogen-bond donors (Lipinski definition) is 2. The molecule has 0 saturated heterocycles. The zero-order chi connectivity index (χ0) is 23.4. The number of nitrogens with one attached hydrogen (secondary N) is 2. The topological polar surface area (TPSA) is 118 Å². The summed E-state index contributed by atoms with van der Waals surface area (Å²) in [5.74, 6) is 0.581. The summed E-state index contributed by atoms with van der Waals surface area (Å²) in [4.78, 5) is 33.4. The lowest BCUT2D eigenvalue weighted by Crippen LogP contribution is -2.27. The SMILES string of the molecule is CCc1cc(=O)[nH]c(-c2cccc(NC(=O)C(CC)n3nnc(-c4ccc(Cl)cc4)n3)c2)n1. The van der Waals surface area contributed by atoms with Crippen LogP contribution in [-0.2, 0) is 11.2 Å². The fraction of sp³-hybridized carbons (Fsp3) is 0.217. The van der Waals surface area contributed by atoms with E-state index in [2.05, 4.69) is 30.7 Å². The predicted molar refractivity (Wildman–Crippen MR) is 126 cm³/mol. The Kier molecular flexibility index (Phi) is 6.60. The van der Waals surface area contributed by atoms with Gasteiger partial charge in [-0.3, -0.25) is 9.59 Å². The van der Waals surface area contributed by atoms with Gasteiger partial charge in [0.05, 0.1) is 0 Å². The third-order valence-electron chi connectivity index (χ3n) is 5.06. The summed E-state index contributed by atoms with van der Waals surface area (Å²) in [6, 6.07) is 15.0. The number of tetrazole rings is 1. The van der Waals surface area contributed by atoms with Crippen LogP contribution in [0, 0.1) is 0 Å². The van der Waals surface area contributed by atoms with Gasteiger partial charge in [0.1, 0.15) is 5.82 Å². The van der Waals surface area contributed by atoms with Crippen LogP contribution in [0.25, 0.3) is 22.8 Å². The van der Waals surface area contributed by atoms with E-state index < -0.39 is 6.04 Å². The van der Waals surface area contributed by atoms with Crippen molar-refractivity contribution in [3.8, 4) is 22.8 Å². The van der Waals surface area contributed by atoms with Gasteiger partial charge in [0.15, 0.2) is 6.04 Å². The van der Waals surface area contributed by atoms with Crippen LogP contribution < -0.4 is 10.9 Å². The number of carbonyl (C=O) groups is 1. The monoisotopic (exact) mass is 463 g/mol. The van der Waals surface area contributed by atoms with Crippen LogP contribution in [0.4, 0.5) is 5.69 Å². The molecular weight excluding hydrogens is 442 g/mol. The van der Waals surface area contributed by atoms with E-state index in [0.29, 0.717) is 46.5 Å². The van der Waals surface area contributed by atoms with Crippen molar-refractivity contribution in [3.05, 3.63) is 75.7 Å². The van der Waals surface area contributed by atoms with E-state index in [0.717, 1.165) is 5.56 Å². The van der Waals surface area contributed by atoms with E-state index in [-0.39, 0.29) is 11.5 Å². The number of carbonyl (C=O) groups excluding carboxylic acids is 1. The summed E-state index contributed by atoms with van der Waals surface area (Å²) in [6.45, 7) is 3.81. The zero-order valence-corrected chi connectivity index (χ0v) is 18.9. The lowest BCUT2D eigenvalue weighted by molar-refractivity contribution is -0.119. The van der Waals surface area contributed by atoms with Crippen molar-refractivity contribution in [3.63, 3.8) is 0 Å². The molecule has 9 nitrogen and oxygen atoms in total. The molecular formula is C23H22ClN7O2. The van der Waals surface area contributed by atoms with Crippen LogP contribution in [0.15, 0.2) is 59.4 Å². The van der Waals surface area contributed by atoms with Crippen molar-refractivity contribution in [2.24, 2.45) is 0 Å². The van der Waals surface area contributed by atoms with Crippen LogP contribution in [0.1, 0.15) is 32.0 Å². The van der Waals surface area contributed by atoms with Gasteiger partial charge in [-0.05, 0) is 54.5 Å². The van der Waals surface area contributed by atoms with Crippen LogP contribution in [0.2, 0.25) is 5.02 Å². The first kappa shape index (κ1) is 22.3. The molecule has 1 amide bonds. The number of aromatic amines is 1. The number of nitrogens with zero attached hydrogens (tertiary/aromatic N) is 5. The zero-order valence-electron chi connectivity index (χ0n) is 18.1. The van der Waals surface area contributed by atoms with E-state index in [4.69, 9.17) is 11.6 Å². The van der Waals surface area contributed by atoms with Gasteiger partial charge in [-0.2, -0.15) is 4.80 Å². The van der Waals surface area contributed by atoms with Crippen molar-refractivity contribution in [1.82, 2.24) is 30.2 Å². The molecule has 2 N–H and O–H groups in total. The van der Waals surface area contributed by atoms with Crippen molar-refractivity contribution < 1.29 is 4.79 Å². The van der Waals surface area contributed by atoms with Crippen molar-refractivity contribution in [2.45, 2.75) is 32.7 Å². The van der Waals surface area contributed by atoms with Gasteiger partial charge in [0.25, 0.3) is 11.5 Å². The fourth-order valence-corrected chi connectivity index (χ4v) is 3.45. The smallest absolute Gasteiger partial charge is 0.251 e. The van der Waals surface area contributed by atoms with Crippen LogP contribution in [0.3, 0.4) is 0 Å². The standard InChI is InChI=1S/C23H22ClN7O2/c1-3-17-13-20(32)27-21(25-17)15-6-5-7-18(12-15)26-23(33)19(4-2)31-29-22(28-30-31)14-8-10-16(24)11-9-14/h5-13,19H,3-4H2,1-2H3,(H,26,33)(H,25,27,32). The molecule has 4 rings (SSSR count). The number of halogens is 1. The van der Waals surface area contributed by atoms with Crippen LogP contribution in [-0.4, -0.2) is 36.1 Å². The summed E-state index contributed by atoms with van der Waals surface area (Å²) in [7, 11) is 0. The average Bonchev–Trinajstić information content (AvgIpc) is 3.29. The Balaban J connectivity index is 1.54. The highest BCUT2D eigenvalue weighted by Gasteiger charge is 2.22. The quantitative estimate of drug-likeness (QED) is 0.429. The Morgan fingerprint density at radius 2 is 1.91 bits per heavy atom. The third-order valence-corrected chi connectivity index (χ3v) is 5.31. The van der Waals surface area contributed by atoms with E-state index >= 15 is 0 Å². The Morgan fingerprint density at radius 1 is 1.12 bits per heavy atom. The minimum absolute atomic E-state index is 0.217. The van der Waals surface area contributed by atoms with Crippen LogP contribution >= 0.6 is 11.6 Å². The highest BCUT2D eigenvalue weighted by Crippen LogP contribution is 2.22. The second-order valence-electron chi connectivity index (χ2n) is 7.37. The summed E-state index contributed by atoms with van der Waals surface area (Å²) in [6.07, 6.45) is 1.11. The number of anilines is 1. The molecule has 2 aromatic heterocycles. The Hall–Kier alpha value is -3.85. The first-order valence-corrected chi connectivity index (χ1v) is 10.9. The summed E-state index contributed by atoms with van der Waals surface area (Å²) >= 11 is 5.93. The molecule has 0 aliphatic carbocycles. The molecule has 1 atom stereocenters. The summed E-state index contributed by atoms with van der Waals surface area (Å²) < 4.78 is 0. The number of H-pyrrole nitrogens is 1. The molecule has 168 valence electrons. The van der Waals surface area contributed by atoms with Gasteiger partial charge in [-0.25, -0.2) is 4.98 Å². The van der Waals surface area contributed by atoms with Gasteiger partial charge >= 0.3 is 0 Å². The molecule has 0 bridgehead atoms. The maximum absolute atomic E-state index is 13.0. The second kappa shape index (κ2) is 9.74. The summed E-state index contributed by atoms with van der Waals surface area (Å²) in [5, 5.41) is 16.0. The minimum atomic E-state index is -0.649. The third kappa shape index (κ3) is 5.15. The molecule has 4 aromatic rings. The average molecular weight is 464 g/mol. The Bertz CT molecular complexity index is 1330. The first-order chi connectivity index (χ1) is 16.0. The van der Waals surface area contributed by atoms with E-state index in [1.165, 1.54) is 10.9 Å². The molecule has 0 aliphatic rings. The number of amides is 1. The van der Waals surface area contributed by atoms with Gasteiger partial charge in [-0.1, -0.05) is 37.6 Å². The number of hydrogen-bond acceptors (Lipinski definition) is 6. The van der Waals surface area contributed by atoms with E-state index in [1.807, 2.05) is 19.9 Å². The van der Waals surface area contributed by atoms with E-state index in [9.17, 15) is 9.59 Å². The molecule has 0 aliphatic heterocycles. The highest BCUT2D eigenvalue weighted by molar-refractivity contribution is 6.30. The van der Waals surface area contributed by atoms with Crippen LogP contribution in [0.5, 0.6) is 0 Å². The normalized spacial score (nSPS) is 11.8. The Morgan fingerprint density at radius 3 is 2.64 bits per heavy atom. The second-order valence-corrected chi connectivity index (χ2v) is 7.81.